The van der Waals surface area contributed by atoms with Gasteiger partial charge in [0.2, 0.25) is 0 Å². The number of hydrazine groups is 1. The Morgan fingerprint density at radius 3 is 2.90 bits per heavy atom. The lowest BCUT2D eigenvalue weighted by molar-refractivity contribution is 0.168. The van der Waals surface area contributed by atoms with Gasteiger partial charge in [-0.2, -0.15) is 0 Å². The summed E-state index contributed by atoms with van der Waals surface area (Å²) in [6.45, 7) is 9.24. The largest absolute Gasteiger partial charge is 0.255 e. The standard InChI is InChI=1S/C8H16N2/c1-8(2)7-10-6-4-3-5-9-10/h9H,1,3-7H2,2H3. The van der Waals surface area contributed by atoms with E-state index in [-0.39, 0.29) is 0 Å². The average Bonchev–Trinajstić information content (AvgIpc) is 1.88. The van der Waals surface area contributed by atoms with Crippen molar-refractivity contribution in [1.82, 2.24) is 10.4 Å². The van der Waals surface area contributed by atoms with E-state index in [1.807, 2.05) is 0 Å². The molecule has 10 heavy (non-hydrogen) atoms. The lowest BCUT2D eigenvalue weighted by Gasteiger charge is -2.27. The molecule has 0 atom stereocenters. The first-order valence-electron chi connectivity index (χ1n) is 3.92. The third kappa shape index (κ3) is 2.50. The van der Waals surface area contributed by atoms with Crippen LogP contribution in [0.15, 0.2) is 12.2 Å². The van der Waals surface area contributed by atoms with Crippen LogP contribution in [-0.4, -0.2) is 24.6 Å². The van der Waals surface area contributed by atoms with E-state index in [4.69, 9.17) is 0 Å². The third-order valence-corrected chi connectivity index (χ3v) is 1.65. The molecule has 1 fully saturated rings. The molecule has 0 unspecified atom stereocenters. The van der Waals surface area contributed by atoms with Crippen molar-refractivity contribution in [3.05, 3.63) is 12.2 Å². The maximum absolute atomic E-state index is 3.87. The van der Waals surface area contributed by atoms with E-state index in [0.29, 0.717) is 0 Å². The zero-order valence-electron chi connectivity index (χ0n) is 6.69. The lowest BCUT2D eigenvalue weighted by Crippen LogP contribution is -2.43. The van der Waals surface area contributed by atoms with Crippen molar-refractivity contribution >= 4 is 0 Å². The lowest BCUT2D eigenvalue weighted by atomic mass is 10.2. The maximum atomic E-state index is 3.87. The molecule has 1 N–H and O–H groups in total. The number of hydrogen-bond donors (Lipinski definition) is 1. The summed E-state index contributed by atoms with van der Waals surface area (Å²) in [7, 11) is 0. The second-order valence-corrected chi connectivity index (χ2v) is 2.99. The summed E-state index contributed by atoms with van der Waals surface area (Å²) in [4.78, 5) is 0. The molecule has 58 valence electrons. The summed E-state index contributed by atoms with van der Waals surface area (Å²) in [5.41, 5.74) is 4.55. The second-order valence-electron chi connectivity index (χ2n) is 2.99. The quantitative estimate of drug-likeness (QED) is 0.579. The number of rotatable bonds is 2. The highest BCUT2D eigenvalue weighted by atomic mass is 15.5. The topological polar surface area (TPSA) is 15.3 Å². The van der Waals surface area contributed by atoms with E-state index in [0.717, 1.165) is 13.1 Å². The van der Waals surface area contributed by atoms with Crippen molar-refractivity contribution in [1.29, 1.82) is 0 Å². The zero-order valence-corrected chi connectivity index (χ0v) is 6.69. The minimum Gasteiger partial charge on any atom is -0.255 e. The van der Waals surface area contributed by atoms with Gasteiger partial charge in [-0.15, -0.1) is 0 Å². The highest BCUT2D eigenvalue weighted by molar-refractivity contribution is 4.91. The van der Waals surface area contributed by atoms with Gasteiger partial charge in [0.05, 0.1) is 0 Å². The zero-order chi connectivity index (χ0) is 7.40. The van der Waals surface area contributed by atoms with Crippen LogP contribution in [0.2, 0.25) is 0 Å². The van der Waals surface area contributed by atoms with Crippen LogP contribution in [0.4, 0.5) is 0 Å². The van der Waals surface area contributed by atoms with Crippen LogP contribution in [0.3, 0.4) is 0 Å². The fraction of sp³-hybridized carbons (Fsp3) is 0.750. The van der Waals surface area contributed by atoms with Crippen molar-refractivity contribution in [3.8, 4) is 0 Å². The van der Waals surface area contributed by atoms with Crippen molar-refractivity contribution in [2.45, 2.75) is 19.8 Å². The Morgan fingerprint density at radius 2 is 2.40 bits per heavy atom. The molecule has 0 spiro atoms. The molecule has 0 aromatic rings. The van der Waals surface area contributed by atoms with Gasteiger partial charge in [0.15, 0.2) is 0 Å². The fourth-order valence-corrected chi connectivity index (χ4v) is 1.20. The summed E-state index contributed by atoms with van der Waals surface area (Å²) >= 11 is 0. The van der Waals surface area contributed by atoms with E-state index in [9.17, 15) is 0 Å². The number of nitrogens with one attached hydrogen (secondary N) is 1. The van der Waals surface area contributed by atoms with Gasteiger partial charge < -0.3 is 0 Å². The van der Waals surface area contributed by atoms with Gasteiger partial charge in [-0.1, -0.05) is 12.2 Å². The van der Waals surface area contributed by atoms with Crippen LogP contribution in [0.25, 0.3) is 0 Å². The van der Waals surface area contributed by atoms with Gasteiger partial charge in [0.25, 0.3) is 0 Å². The Hall–Kier alpha value is -0.340. The average molecular weight is 140 g/mol. The molecular weight excluding hydrogens is 124 g/mol. The monoisotopic (exact) mass is 140 g/mol. The summed E-state index contributed by atoms with van der Waals surface area (Å²) in [5.74, 6) is 0. The molecule has 0 aromatic carbocycles. The van der Waals surface area contributed by atoms with Gasteiger partial charge in [-0.3, -0.25) is 5.43 Å². The van der Waals surface area contributed by atoms with E-state index in [1.165, 1.54) is 25.0 Å². The molecule has 0 amide bonds. The van der Waals surface area contributed by atoms with Crippen molar-refractivity contribution in [2.24, 2.45) is 0 Å². The minimum atomic E-state index is 1.00. The van der Waals surface area contributed by atoms with Gasteiger partial charge in [-0.25, -0.2) is 5.01 Å². The van der Waals surface area contributed by atoms with E-state index >= 15 is 0 Å². The van der Waals surface area contributed by atoms with E-state index in [2.05, 4.69) is 23.9 Å². The molecule has 2 heteroatoms. The van der Waals surface area contributed by atoms with Gasteiger partial charge in [0, 0.05) is 19.6 Å². The summed E-state index contributed by atoms with van der Waals surface area (Å²) in [6, 6.07) is 0. The van der Waals surface area contributed by atoms with E-state index in [1.54, 1.807) is 0 Å². The maximum Gasteiger partial charge on any atom is 0.0335 e. The predicted octanol–water partition coefficient (Wildman–Crippen LogP) is 1.16. The van der Waals surface area contributed by atoms with Crippen LogP contribution >= 0.6 is 0 Å². The summed E-state index contributed by atoms with van der Waals surface area (Å²) < 4.78 is 0. The Bertz CT molecular complexity index is 114. The highest BCUT2D eigenvalue weighted by Gasteiger charge is 2.07. The van der Waals surface area contributed by atoms with Gasteiger partial charge >= 0.3 is 0 Å². The predicted molar refractivity (Wildman–Crippen MR) is 43.6 cm³/mol. The Labute approximate surface area is 62.9 Å². The SMILES string of the molecule is C=C(C)CN1CCCCN1. The molecule has 0 radical (unpaired) electrons. The molecule has 0 aliphatic carbocycles. The first-order chi connectivity index (χ1) is 4.79. The van der Waals surface area contributed by atoms with Crippen molar-refractivity contribution in [2.75, 3.05) is 19.6 Å². The molecule has 1 heterocycles. The number of nitrogens with zero attached hydrogens (tertiary/aromatic N) is 1. The van der Waals surface area contributed by atoms with E-state index < -0.39 is 0 Å². The molecule has 0 bridgehead atoms. The Kier molecular flexibility index (Phi) is 2.90. The van der Waals surface area contributed by atoms with Crippen molar-refractivity contribution in [3.63, 3.8) is 0 Å². The van der Waals surface area contributed by atoms with Crippen LogP contribution in [0.1, 0.15) is 19.8 Å². The molecule has 1 rings (SSSR count). The second kappa shape index (κ2) is 3.74. The molecule has 1 aliphatic heterocycles. The first kappa shape index (κ1) is 7.76. The highest BCUT2D eigenvalue weighted by Crippen LogP contribution is 2.01. The summed E-state index contributed by atoms with van der Waals surface area (Å²) in [5, 5.41) is 2.24. The van der Waals surface area contributed by atoms with Crippen LogP contribution in [0.5, 0.6) is 0 Å². The molecule has 1 saturated heterocycles. The third-order valence-electron chi connectivity index (χ3n) is 1.65. The smallest absolute Gasteiger partial charge is 0.0335 e. The van der Waals surface area contributed by atoms with Crippen LogP contribution < -0.4 is 5.43 Å². The Balaban J connectivity index is 2.19. The molecule has 0 aromatic heterocycles. The fourth-order valence-electron chi connectivity index (χ4n) is 1.20. The Morgan fingerprint density at radius 1 is 1.60 bits per heavy atom. The molecule has 0 saturated carbocycles. The molecule has 1 aliphatic rings. The first-order valence-corrected chi connectivity index (χ1v) is 3.92. The van der Waals surface area contributed by atoms with Crippen molar-refractivity contribution < 1.29 is 0 Å². The molecule has 2 nitrogen and oxygen atoms in total. The van der Waals surface area contributed by atoms with Gasteiger partial charge in [-0.05, 0) is 19.8 Å². The van der Waals surface area contributed by atoms with Gasteiger partial charge in [0.1, 0.15) is 0 Å². The summed E-state index contributed by atoms with van der Waals surface area (Å²) in [6.07, 6.45) is 2.63. The minimum absolute atomic E-state index is 1.00. The van der Waals surface area contributed by atoms with Crippen LogP contribution in [0, 0.1) is 0 Å². The number of hydrogen-bond acceptors (Lipinski definition) is 2. The van der Waals surface area contributed by atoms with Crippen LogP contribution in [-0.2, 0) is 0 Å². The molecular formula is C8H16N2. The normalized spacial score (nSPS) is 20.9.